The van der Waals surface area contributed by atoms with Crippen molar-refractivity contribution in [3.05, 3.63) is 30.3 Å². The number of hydrogen-bond acceptors (Lipinski definition) is 3. The largest absolute Gasteiger partial charge is 0.376 e. The summed E-state index contributed by atoms with van der Waals surface area (Å²) in [5.41, 5.74) is 0. The third-order valence-electron chi connectivity index (χ3n) is 3.45. The standard InChI is InChI=1S/C17H27N3OS.HI/c1-2-18-17(20-14-15-8-6-12-21-15)19-11-7-13-22-16-9-4-3-5-10-16;/h3-5,9-10,15H,2,6-8,11-14H2,1H3,(H2,18,19,20);1H. The van der Waals surface area contributed by atoms with Gasteiger partial charge < -0.3 is 15.4 Å². The van der Waals surface area contributed by atoms with Crippen molar-refractivity contribution in [2.75, 3.05) is 32.0 Å². The van der Waals surface area contributed by atoms with Crippen molar-refractivity contribution < 1.29 is 4.74 Å². The number of thioether (sulfide) groups is 1. The summed E-state index contributed by atoms with van der Waals surface area (Å²) in [6.07, 6.45) is 3.73. The number of benzene rings is 1. The molecular weight excluding hydrogens is 421 g/mol. The molecule has 0 spiro atoms. The zero-order valence-electron chi connectivity index (χ0n) is 13.8. The van der Waals surface area contributed by atoms with Gasteiger partial charge in [-0.05, 0) is 44.1 Å². The summed E-state index contributed by atoms with van der Waals surface area (Å²) in [6, 6.07) is 10.5. The van der Waals surface area contributed by atoms with Gasteiger partial charge in [-0.2, -0.15) is 0 Å². The molecule has 0 saturated carbocycles. The lowest BCUT2D eigenvalue weighted by Crippen LogP contribution is -2.38. The van der Waals surface area contributed by atoms with E-state index in [4.69, 9.17) is 4.74 Å². The molecule has 1 aromatic carbocycles. The fraction of sp³-hybridized carbons (Fsp3) is 0.588. The predicted octanol–water partition coefficient (Wildman–Crippen LogP) is 3.52. The van der Waals surface area contributed by atoms with Gasteiger partial charge in [0, 0.05) is 24.6 Å². The molecule has 1 heterocycles. The van der Waals surface area contributed by atoms with Crippen LogP contribution in [0, 0.1) is 0 Å². The molecule has 1 unspecified atom stereocenters. The number of rotatable bonds is 8. The molecule has 1 aliphatic heterocycles. The molecule has 6 heteroatoms. The van der Waals surface area contributed by atoms with E-state index in [0.29, 0.717) is 6.10 Å². The van der Waals surface area contributed by atoms with Crippen LogP contribution in [-0.2, 0) is 4.74 Å². The molecule has 1 aromatic rings. The van der Waals surface area contributed by atoms with E-state index >= 15 is 0 Å². The molecule has 130 valence electrons. The predicted molar refractivity (Wildman–Crippen MR) is 110 cm³/mol. The van der Waals surface area contributed by atoms with Gasteiger partial charge in [0.1, 0.15) is 0 Å². The molecule has 0 aromatic heterocycles. The summed E-state index contributed by atoms with van der Waals surface area (Å²) >= 11 is 1.90. The molecule has 2 N–H and O–H groups in total. The van der Waals surface area contributed by atoms with Crippen LogP contribution in [0.3, 0.4) is 0 Å². The van der Waals surface area contributed by atoms with Crippen molar-refractivity contribution in [2.45, 2.75) is 37.2 Å². The van der Waals surface area contributed by atoms with Crippen LogP contribution in [0.25, 0.3) is 0 Å². The Hall–Kier alpha value is -0.470. The Morgan fingerprint density at radius 3 is 2.83 bits per heavy atom. The highest BCUT2D eigenvalue weighted by molar-refractivity contribution is 14.0. The van der Waals surface area contributed by atoms with E-state index < -0.39 is 0 Å². The topological polar surface area (TPSA) is 45.7 Å². The summed E-state index contributed by atoms with van der Waals surface area (Å²) in [5, 5.41) is 6.69. The van der Waals surface area contributed by atoms with Crippen LogP contribution >= 0.6 is 35.7 Å². The molecule has 1 saturated heterocycles. The van der Waals surface area contributed by atoms with Crippen molar-refractivity contribution in [2.24, 2.45) is 4.99 Å². The van der Waals surface area contributed by atoms with E-state index in [2.05, 4.69) is 52.9 Å². The summed E-state index contributed by atoms with van der Waals surface area (Å²) in [7, 11) is 0. The lowest BCUT2D eigenvalue weighted by Gasteiger charge is -2.12. The molecule has 4 nitrogen and oxygen atoms in total. The van der Waals surface area contributed by atoms with Gasteiger partial charge in [0.15, 0.2) is 5.96 Å². The van der Waals surface area contributed by atoms with E-state index in [1.54, 1.807) is 0 Å². The van der Waals surface area contributed by atoms with Crippen molar-refractivity contribution in [1.82, 2.24) is 10.6 Å². The van der Waals surface area contributed by atoms with Crippen molar-refractivity contribution in [1.29, 1.82) is 0 Å². The second kappa shape index (κ2) is 12.9. The number of hydrogen-bond donors (Lipinski definition) is 2. The Balaban J connectivity index is 0.00000264. The molecular formula is C17H28IN3OS. The van der Waals surface area contributed by atoms with Crippen molar-refractivity contribution >= 4 is 41.7 Å². The molecule has 2 rings (SSSR count). The minimum Gasteiger partial charge on any atom is -0.376 e. The van der Waals surface area contributed by atoms with Crippen molar-refractivity contribution in [3.8, 4) is 0 Å². The van der Waals surface area contributed by atoms with Crippen LogP contribution in [-0.4, -0.2) is 44.1 Å². The van der Waals surface area contributed by atoms with Gasteiger partial charge in [0.2, 0.25) is 0 Å². The van der Waals surface area contributed by atoms with Crippen LogP contribution in [0.5, 0.6) is 0 Å². The third kappa shape index (κ3) is 8.81. The first kappa shape index (κ1) is 20.6. The summed E-state index contributed by atoms with van der Waals surface area (Å²) in [4.78, 5) is 5.95. The van der Waals surface area contributed by atoms with Gasteiger partial charge in [0.25, 0.3) is 0 Å². The van der Waals surface area contributed by atoms with E-state index in [1.165, 1.54) is 11.3 Å². The van der Waals surface area contributed by atoms with E-state index in [1.807, 2.05) is 11.8 Å². The second-order valence-corrected chi connectivity index (χ2v) is 6.46. The molecule has 0 aliphatic carbocycles. The molecule has 1 aliphatic rings. The zero-order valence-corrected chi connectivity index (χ0v) is 16.9. The minimum absolute atomic E-state index is 0. The molecule has 1 fully saturated rings. The van der Waals surface area contributed by atoms with Gasteiger partial charge >= 0.3 is 0 Å². The lowest BCUT2D eigenvalue weighted by atomic mass is 10.2. The normalized spacial score (nSPS) is 17.6. The number of nitrogens with zero attached hydrogens (tertiary/aromatic N) is 1. The molecule has 0 radical (unpaired) electrons. The van der Waals surface area contributed by atoms with Crippen LogP contribution in [0.1, 0.15) is 26.2 Å². The van der Waals surface area contributed by atoms with Gasteiger partial charge in [-0.25, -0.2) is 0 Å². The number of ether oxygens (including phenoxy) is 1. The minimum atomic E-state index is 0. The fourth-order valence-electron chi connectivity index (χ4n) is 2.31. The highest BCUT2D eigenvalue weighted by atomic mass is 127. The summed E-state index contributed by atoms with van der Waals surface area (Å²) < 4.78 is 5.61. The van der Waals surface area contributed by atoms with Crippen molar-refractivity contribution in [3.63, 3.8) is 0 Å². The monoisotopic (exact) mass is 449 g/mol. The van der Waals surface area contributed by atoms with Crippen LogP contribution in [0.2, 0.25) is 0 Å². The average molecular weight is 449 g/mol. The Morgan fingerprint density at radius 2 is 2.13 bits per heavy atom. The maximum absolute atomic E-state index is 5.61. The third-order valence-corrected chi connectivity index (χ3v) is 4.55. The highest BCUT2D eigenvalue weighted by Gasteiger charge is 2.14. The Morgan fingerprint density at radius 1 is 1.30 bits per heavy atom. The summed E-state index contributed by atoms with van der Waals surface area (Å²) in [5.74, 6) is 2.02. The number of guanidine groups is 1. The van der Waals surface area contributed by atoms with Crippen LogP contribution < -0.4 is 10.6 Å². The molecule has 0 bridgehead atoms. The van der Waals surface area contributed by atoms with Crippen LogP contribution in [0.15, 0.2) is 40.2 Å². The molecule has 0 amide bonds. The van der Waals surface area contributed by atoms with Crippen LogP contribution in [0.4, 0.5) is 0 Å². The fourth-order valence-corrected chi connectivity index (χ4v) is 3.18. The van der Waals surface area contributed by atoms with Gasteiger partial charge in [-0.15, -0.1) is 35.7 Å². The maximum atomic E-state index is 5.61. The number of halogens is 1. The first-order valence-electron chi connectivity index (χ1n) is 8.20. The SMILES string of the molecule is CCNC(=NCC1CCCO1)NCCCSc1ccccc1.I. The van der Waals surface area contributed by atoms with Gasteiger partial charge in [0.05, 0.1) is 12.6 Å². The first-order chi connectivity index (χ1) is 10.9. The average Bonchev–Trinajstić information content (AvgIpc) is 3.06. The van der Waals surface area contributed by atoms with Gasteiger partial charge in [-0.1, -0.05) is 18.2 Å². The van der Waals surface area contributed by atoms with E-state index in [0.717, 1.165) is 50.8 Å². The maximum Gasteiger partial charge on any atom is 0.191 e. The zero-order chi connectivity index (χ0) is 15.5. The first-order valence-corrected chi connectivity index (χ1v) is 9.18. The van der Waals surface area contributed by atoms with E-state index in [-0.39, 0.29) is 24.0 Å². The number of aliphatic imine (C=N–C) groups is 1. The molecule has 23 heavy (non-hydrogen) atoms. The Kier molecular flexibility index (Phi) is 11.5. The smallest absolute Gasteiger partial charge is 0.191 e. The Labute approximate surface area is 161 Å². The number of nitrogens with one attached hydrogen (secondary N) is 2. The highest BCUT2D eigenvalue weighted by Crippen LogP contribution is 2.17. The molecule has 1 atom stereocenters. The lowest BCUT2D eigenvalue weighted by molar-refractivity contribution is 0.117. The Bertz CT molecular complexity index is 439. The summed E-state index contributed by atoms with van der Waals surface area (Å²) in [6.45, 7) is 5.57. The second-order valence-electron chi connectivity index (χ2n) is 5.30. The van der Waals surface area contributed by atoms with E-state index in [9.17, 15) is 0 Å². The van der Waals surface area contributed by atoms with Gasteiger partial charge in [-0.3, -0.25) is 4.99 Å². The quantitative estimate of drug-likeness (QED) is 0.210.